The maximum atomic E-state index is 12.2. The quantitative estimate of drug-likeness (QED) is 0.883. The molecule has 2 aliphatic carbocycles. The van der Waals surface area contributed by atoms with E-state index in [1.165, 1.54) is 25.7 Å². The van der Waals surface area contributed by atoms with E-state index in [2.05, 4.69) is 10.6 Å². The summed E-state index contributed by atoms with van der Waals surface area (Å²) in [6.45, 7) is 2.88. The highest BCUT2D eigenvalue weighted by atomic mass is 16.1. The van der Waals surface area contributed by atoms with E-state index in [0.29, 0.717) is 0 Å². The zero-order valence-electron chi connectivity index (χ0n) is 12.4. The van der Waals surface area contributed by atoms with Gasteiger partial charge in [-0.05, 0) is 67.7 Å². The highest BCUT2D eigenvalue weighted by Crippen LogP contribution is 2.47. The molecule has 1 aromatic rings. The Kier molecular flexibility index (Phi) is 3.68. The Labute approximate surface area is 121 Å². The molecule has 0 radical (unpaired) electrons. The van der Waals surface area contributed by atoms with Gasteiger partial charge in [-0.1, -0.05) is 6.42 Å². The summed E-state index contributed by atoms with van der Waals surface area (Å²) in [6.07, 6.45) is 5.51. The number of nitrogens with one attached hydrogen (secondary N) is 2. The number of amides is 1. The molecule has 2 aliphatic rings. The summed E-state index contributed by atoms with van der Waals surface area (Å²) >= 11 is 0. The van der Waals surface area contributed by atoms with Crippen LogP contribution < -0.4 is 10.6 Å². The topological polar surface area (TPSA) is 41.1 Å². The summed E-state index contributed by atoms with van der Waals surface area (Å²) in [5.74, 6) is 2.60. The molecule has 0 spiro atoms. The van der Waals surface area contributed by atoms with Gasteiger partial charge in [0.1, 0.15) is 0 Å². The molecule has 2 N–H and O–H groups in total. The molecule has 0 heterocycles. The largest absolute Gasteiger partial charge is 0.388 e. The minimum absolute atomic E-state index is 0.0681. The van der Waals surface area contributed by atoms with Crippen molar-refractivity contribution in [3.05, 3.63) is 29.3 Å². The van der Waals surface area contributed by atoms with E-state index in [4.69, 9.17) is 0 Å². The van der Waals surface area contributed by atoms with E-state index >= 15 is 0 Å². The second kappa shape index (κ2) is 5.47. The molecule has 3 atom stereocenters. The van der Waals surface area contributed by atoms with Gasteiger partial charge in [-0.3, -0.25) is 4.79 Å². The molecule has 2 bridgehead atoms. The normalized spacial score (nSPS) is 27.6. The lowest BCUT2D eigenvalue weighted by Crippen LogP contribution is -2.31. The number of carbonyl (C=O) groups excluding carboxylic acids is 1. The maximum absolute atomic E-state index is 12.2. The van der Waals surface area contributed by atoms with Gasteiger partial charge in [-0.2, -0.15) is 0 Å². The summed E-state index contributed by atoms with van der Waals surface area (Å²) in [6, 6.07) is 5.83. The van der Waals surface area contributed by atoms with Crippen molar-refractivity contribution in [2.45, 2.75) is 32.6 Å². The van der Waals surface area contributed by atoms with Crippen molar-refractivity contribution < 1.29 is 4.79 Å². The van der Waals surface area contributed by atoms with E-state index in [9.17, 15) is 4.79 Å². The third-order valence-electron chi connectivity index (χ3n) is 5.17. The van der Waals surface area contributed by atoms with E-state index < -0.39 is 0 Å². The average molecular weight is 272 g/mol. The van der Waals surface area contributed by atoms with Gasteiger partial charge in [0, 0.05) is 24.8 Å². The molecule has 1 aromatic carbocycles. The predicted molar refractivity (Wildman–Crippen MR) is 82.0 cm³/mol. The van der Waals surface area contributed by atoms with Crippen molar-refractivity contribution in [3.8, 4) is 0 Å². The van der Waals surface area contributed by atoms with E-state index in [0.717, 1.165) is 41.1 Å². The molecular formula is C17H24N2O. The lowest BCUT2D eigenvalue weighted by Gasteiger charge is -2.21. The van der Waals surface area contributed by atoms with E-state index in [1.807, 2.05) is 32.2 Å². The van der Waals surface area contributed by atoms with Crippen LogP contribution in [0, 0.1) is 24.7 Å². The molecule has 0 aromatic heterocycles. The Bertz CT molecular complexity index is 512. The Hall–Kier alpha value is -1.51. The first-order valence-corrected chi connectivity index (χ1v) is 7.74. The van der Waals surface area contributed by atoms with Crippen LogP contribution in [-0.2, 0) is 0 Å². The predicted octanol–water partition coefficient (Wildman–Crippen LogP) is 3.20. The number of carbonyl (C=O) groups is 1. The summed E-state index contributed by atoms with van der Waals surface area (Å²) in [7, 11) is 1.90. The van der Waals surface area contributed by atoms with Gasteiger partial charge in [-0.25, -0.2) is 0 Å². The fourth-order valence-corrected chi connectivity index (χ4v) is 4.04. The minimum atomic E-state index is 0.0681. The highest BCUT2D eigenvalue weighted by Gasteiger charge is 2.39. The number of anilines is 1. The summed E-state index contributed by atoms with van der Waals surface area (Å²) in [4.78, 5) is 12.2. The summed E-state index contributed by atoms with van der Waals surface area (Å²) in [5, 5.41) is 6.26. The van der Waals surface area contributed by atoms with Gasteiger partial charge in [0.05, 0.1) is 0 Å². The van der Waals surface area contributed by atoms with Crippen molar-refractivity contribution in [3.63, 3.8) is 0 Å². The molecule has 3 nitrogen and oxygen atoms in total. The minimum Gasteiger partial charge on any atom is -0.388 e. The monoisotopic (exact) mass is 272 g/mol. The number of aryl methyl sites for hydroxylation is 1. The van der Waals surface area contributed by atoms with Crippen LogP contribution >= 0.6 is 0 Å². The maximum Gasteiger partial charge on any atom is 0.251 e. The Morgan fingerprint density at radius 2 is 2.15 bits per heavy atom. The zero-order chi connectivity index (χ0) is 14.1. The van der Waals surface area contributed by atoms with Gasteiger partial charge < -0.3 is 10.6 Å². The molecule has 108 valence electrons. The van der Waals surface area contributed by atoms with Crippen LogP contribution in [0.3, 0.4) is 0 Å². The van der Waals surface area contributed by atoms with Crippen LogP contribution in [0.4, 0.5) is 5.69 Å². The first kappa shape index (κ1) is 13.5. The SMILES string of the molecule is CNc1ccc(C(=O)NCC2CC3CCC2C3)cc1C. The first-order valence-electron chi connectivity index (χ1n) is 7.74. The molecule has 3 rings (SSSR count). The summed E-state index contributed by atoms with van der Waals surface area (Å²) < 4.78 is 0. The zero-order valence-corrected chi connectivity index (χ0v) is 12.4. The van der Waals surface area contributed by atoms with Gasteiger partial charge in [0.25, 0.3) is 5.91 Å². The van der Waals surface area contributed by atoms with Crippen LogP contribution in [-0.4, -0.2) is 19.5 Å². The molecule has 2 saturated carbocycles. The van der Waals surface area contributed by atoms with Gasteiger partial charge >= 0.3 is 0 Å². The number of benzene rings is 1. The van der Waals surface area contributed by atoms with E-state index in [1.54, 1.807) is 0 Å². The van der Waals surface area contributed by atoms with Gasteiger partial charge in [-0.15, -0.1) is 0 Å². The summed E-state index contributed by atoms with van der Waals surface area (Å²) in [5.41, 5.74) is 2.96. The third kappa shape index (κ3) is 2.54. The van der Waals surface area contributed by atoms with Crippen LogP contribution in [0.5, 0.6) is 0 Å². The number of rotatable bonds is 4. The fraction of sp³-hybridized carbons (Fsp3) is 0.588. The van der Waals surface area contributed by atoms with Gasteiger partial charge in [0.2, 0.25) is 0 Å². The van der Waals surface area contributed by atoms with Crippen LogP contribution in [0.25, 0.3) is 0 Å². The van der Waals surface area contributed by atoms with E-state index in [-0.39, 0.29) is 5.91 Å². The lowest BCUT2D eigenvalue weighted by atomic mass is 9.89. The Balaban J connectivity index is 1.58. The highest BCUT2D eigenvalue weighted by molar-refractivity contribution is 5.94. The smallest absolute Gasteiger partial charge is 0.251 e. The van der Waals surface area contributed by atoms with Crippen molar-refractivity contribution in [1.82, 2.24) is 5.32 Å². The number of hydrogen-bond acceptors (Lipinski definition) is 2. The fourth-order valence-electron chi connectivity index (χ4n) is 4.04. The molecule has 1 amide bonds. The van der Waals surface area contributed by atoms with Crippen LogP contribution in [0.15, 0.2) is 18.2 Å². The Morgan fingerprint density at radius 3 is 2.75 bits per heavy atom. The van der Waals surface area contributed by atoms with Gasteiger partial charge in [0.15, 0.2) is 0 Å². The van der Waals surface area contributed by atoms with Crippen LogP contribution in [0.1, 0.15) is 41.6 Å². The second-order valence-corrected chi connectivity index (χ2v) is 6.42. The van der Waals surface area contributed by atoms with Crippen molar-refractivity contribution in [1.29, 1.82) is 0 Å². The van der Waals surface area contributed by atoms with Crippen molar-refractivity contribution >= 4 is 11.6 Å². The Morgan fingerprint density at radius 1 is 1.30 bits per heavy atom. The molecule has 3 unspecified atom stereocenters. The van der Waals surface area contributed by atoms with Crippen LogP contribution in [0.2, 0.25) is 0 Å². The standard InChI is InChI=1S/C17H24N2O/c1-11-7-14(5-6-16(11)18-2)17(20)19-10-15-9-12-3-4-13(15)8-12/h5-7,12-13,15,18H,3-4,8-10H2,1-2H3,(H,19,20). The average Bonchev–Trinajstić information content (AvgIpc) is 3.07. The first-order chi connectivity index (χ1) is 9.67. The molecule has 2 fully saturated rings. The molecule has 0 saturated heterocycles. The van der Waals surface area contributed by atoms with Crippen molar-refractivity contribution in [2.24, 2.45) is 17.8 Å². The third-order valence-corrected chi connectivity index (χ3v) is 5.17. The van der Waals surface area contributed by atoms with Crippen molar-refractivity contribution in [2.75, 3.05) is 18.9 Å². The molecule has 20 heavy (non-hydrogen) atoms. The number of fused-ring (bicyclic) bond motifs is 2. The number of hydrogen-bond donors (Lipinski definition) is 2. The lowest BCUT2D eigenvalue weighted by molar-refractivity contribution is 0.0941. The molecule has 3 heteroatoms. The molecule has 0 aliphatic heterocycles. The second-order valence-electron chi connectivity index (χ2n) is 6.42. The molecular weight excluding hydrogens is 248 g/mol.